The fourth-order valence-corrected chi connectivity index (χ4v) is 6.46. The van der Waals surface area contributed by atoms with Crippen LogP contribution in [0.5, 0.6) is 0 Å². The van der Waals surface area contributed by atoms with Gasteiger partial charge < -0.3 is 15.4 Å². The molecule has 4 bridgehead atoms. The van der Waals surface area contributed by atoms with Crippen LogP contribution in [0.4, 0.5) is 0 Å². The first-order valence-corrected chi connectivity index (χ1v) is 10.7. The van der Waals surface area contributed by atoms with Gasteiger partial charge in [0.2, 0.25) is 0 Å². The number of nitrogens with zero attached hydrogens (tertiary/aromatic N) is 1. The lowest BCUT2D eigenvalue weighted by atomic mass is 9.46. The van der Waals surface area contributed by atoms with Crippen LogP contribution in [0.25, 0.3) is 0 Å². The highest BCUT2D eigenvalue weighted by molar-refractivity contribution is 8.70. The van der Waals surface area contributed by atoms with E-state index < -0.39 is 14.8 Å². The summed E-state index contributed by atoms with van der Waals surface area (Å²) in [6.45, 7) is 2.00. The zero-order chi connectivity index (χ0) is 16.2. The van der Waals surface area contributed by atoms with Gasteiger partial charge in [0.1, 0.15) is 15.0 Å². The Morgan fingerprint density at radius 3 is 2.50 bits per heavy atom. The summed E-state index contributed by atoms with van der Waals surface area (Å²) in [6, 6.07) is -0.0557. The molecule has 0 aromatic carbocycles. The minimum Gasteiger partial charge on any atom is -0.739 e. The fraction of sp³-hybridized carbons (Fsp3) is 0.929. The third-order valence-corrected chi connectivity index (χ3v) is 7.59. The molecule has 4 rings (SSSR count). The molecule has 0 aliphatic heterocycles. The minimum atomic E-state index is -4.34. The summed E-state index contributed by atoms with van der Waals surface area (Å²) in [7, 11) is -4.07. The number of nitrogens with two attached hydrogens (primary N) is 1. The van der Waals surface area contributed by atoms with E-state index in [9.17, 15) is 18.1 Å². The molecule has 4 aliphatic carbocycles. The van der Waals surface area contributed by atoms with Gasteiger partial charge in [-0.1, -0.05) is 0 Å². The minimum absolute atomic E-state index is 0.0234. The molecule has 22 heavy (non-hydrogen) atoms. The van der Waals surface area contributed by atoms with Crippen LogP contribution < -0.4 is 5.73 Å². The summed E-state index contributed by atoms with van der Waals surface area (Å²) in [5.41, 5.74) is 5.23. The van der Waals surface area contributed by atoms with Crippen molar-refractivity contribution in [3.05, 3.63) is 0 Å². The van der Waals surface area contributed by atoms with Crippen molar-refractivity contribution >= 4 is 25.8 Å². The highest BCUT2D eigenvalue weighted by Crippen LogP contribution is 2.63. The molecule has 0 heterocycles. The monoisotopic (exact) mass is 347 g/mol. The quantitative estimate of drug-likeness (QED) is 0.335. The van der Waals surface area contributed by atoms with Crippen molar-refractivity contribution < 1.29 is 18.1 Å². The summed E-state index contributed by atoms with van der Waals surface area (Å²) >= 11 is 0. The lowest BCUT2D eigenvalue weighted by Gasteiger charge is -2.61. The number of aliphatic imine (C=N–C) groups is 1. The highest BCUT2D eigenvalue weighted by Gasteiger charge is 2.58. The Morgan fingerprint density at radius 1 is 1.41 bits per heavy atom. The van der Waals surface area contributed by atoms with Crippen LogP contribution in [0.1, 0.15) is 45.4 Å². The predicted molar refractivity (Wildman–Crippen MR) is 85.3 cm³/mol. The van der Waals surface area contributed by atoms with E-state index in [0.717, 1.165) is 32.1 Å². The van der Waals surface area contributed by atoms with Gasteiger partial charge >= 0.3 is 0 Å². The Labute approximate surface area is 135 Å². The van der Waals surface area contributed by atoms with Crippen LogP contribution in [-0.2, 0) is 9.15 Å². The standard InChI is InChI=1S/C14H24N2O4S2/c1-9(16-12(15)7-21-22(18,19)20)13-3-10-2-11(4-13)6-14(17,5-10)8-13/h9-11,17H,2-8H2,1H3,(H2,15,16)(H,18,19,20)/p-1. The van der Waals surface area contributed by atoms with Crippen LogP contribution in [0.3, 0.4) is 0 Å². The van der Waals surface area contributed by atoms with E-state index in [4.69, 9.17) is 5.73 Å². The lowest BCUT2D eigenvalue weighted by Crippen LogP contribution is -2.58. The lowest BCUT2D eigenvalue weighted by molar-refractivity contribution is -0.168. The van der Waals surface area contributed by atoms with Crippen molar-refractivity contribution in [3.8, 4) is 0 Å². The Bertz CT molecular complexity index is 576. The molecule has 0 amide bonds. The Morgan fingerprint density at radius 2 is 2.00 bits per heavy atom. The molecular weight excluding hydrogens is 324 g/mol. The van der Waals surface area contributed by atoms with E-state index in [-0.39, 0.29) is 33.8 Å². The molecule has 3 N–H and O–H groups in total. The van der Waals surface area contributed by atoms with Gasteiger partial charge in [-0.15, -0.1) is 0 Å². The molecule has 0 radical (unpaired) electrons. The summed E-state index contributed by atoms with van der Waals surface area (Å²) in [5.74, 6) is 1.24. The van der Waals surface area contributed by atoms with Crippen molar-refractivity contribution in [2.45, 2.75) is 57.1 Å². The largest absolute Gasteiger partial charge is 0.739 e. The Balaban J connectivity index is 1.73. The van der Waals surface area contributed by atoms with E-state index in [2.05, 4.69) is 4.99 Å². The van der Waals surface area contributed by atoms with Crippen molar-refractivity contribution in [1.29, 1.82) is 0 Å². The molecule has 3 unspecified atom stereocenters. The molecule has 0 spiro atoms. The van der Waals surface area contributed by atoms with Gasteiger partial charge in [-0.05, 0) is 73.5 Å². The first-order valence-electron chi connectivity index (χ1n) is 7.74. The molecule has 3 atom stereocenters. The molecular formula is C14H23N2O4S2-. The summed E-state index contributed by atoms with van der Waals surface area (Å²) in [4.78, 5) is 4.46. The second-order valence-electron chi connectivity index (χ2n) is 7.51. The van der Waals surface area contributed by atoms with Crippen LogP contribution in [0.2, 0.25) is 0 Å². The van der Waals surface area contributed by atoms with Gasteiger partial charge in [0.05, 0.1) is 17.4 Å². The van der Waals surface area contributed by atoms with Crippen LogP contribution in [0.15, 0.2) is 4.99 Å². The second-order valence-corrected chi connectivity index (χ2v) is 10.8. The van der Waals surface area contributed by atoms with Gasteiger partial charge in [0.15, 0.2) is 0 Å². The molecule has 8 heteroatoms. The van der Waals surface area contributed by atoms with Gasteiger partial charge in [-0.3, -0.25) is 4.99 Å². The van der Waals surface area contributed by atoms with Crippen LogP contribution in [-0.4, -0.2) is 41.3 Å². The number of hydrogen-bond acceptors (Lipinski definition) is 6. The molecule has 0 aromatic rings. The maximum absolute atomic E-state index is 10.8. The fourth-order valence-electron chi connectivity index (χ4n) is 5.33. The molecule has 0 aromatic heterocycles. The summed E-state index contributed by atoms with van der Waals surface area (Å²) in [5, 5.41) is 10.8. The van der Waals surface area contributed by atoms with Crippen molar-refractivity contribution in [3.63, 3.8) is 0 Å². The molecule has 4 saturated carbocycles. The molecule has 6 nitrogen and oxygen atoms in total. The van der Waals surface area contributed by atoms with Crippen LogP contribution >= 0.6 is 10.8 Å². The molecule has 126 valence electrons. The normalized spacial score (nSPS) is 42.6. The second kappa shape index (κ2) is 5.36. The van der Waals surface area contributed by atoms with Gasteiger partial charge in [-0.25, -0.2) is 8.42 Å². The van der Waals surface area contributed by atoms with E-state index >= 15 is 0 Å². The Hall–Kier alpha value is -0.310. The Kier molecular flexibility index (Phi) is 4.03. The number of hydrogen-bond donors (Lipinski definition) is 2. The average Bonchev–Trinajstić information content (AvgIpc) is 2.32. The highest BCUT2D eigenvalue weighted by atomic mass is 33.1. The average molecular weight is 347 g/mol. The zero-order valence-corrected chi connectivity index (χ0v) is 14.3. The molecule has 4 fully saturated rings. The van der Waals surface area contributed by atoms with E-state index in [0.29, 0.717) is 11.8 Å². The number of aliphatic hydroxyl groups is 1. The van der Waals surface area contributed by atoms with Gasteiger partial charge in [0.25, 0.3) is 0 Å². The topological polar surface area (TPSA) is 116 Å². The number of amidine groups is 1. The molecule has 0 saturated heterocycles. The summed E-state index contributed by atoms with van der Waals surface area (Å²) in [6.07, 6.45) is 5.91. The van der Waals surface area contributed by atoms with Gasteiger partial charge in [-0.2, -0.15) is 0 Å². The van der Waals surface area contributed by atoms with Crippen molar-refractivity contribution in [2.75, 3.05) is 5.75 Å². The van der Waals surface area contributed by atoms with Crippen molar-refractivity contribution in [2.24, 2.45) is 28.0 Å². The van der Waals surface area contributed by atoms with Crippen molar-refractivity contribution in [1.82, 2.24) is 0 Å². The maximum atomic E-state index is 10.8. The first-order chi connectivity index (χ1) is 10.1. The predicted octanol–water partition coefficient (Wildman–Crippen LogP) is 1.26. The van der Waals surface area contributed by atoms with E-state index in [1.54, 1.807) is 0 Å². The first kappa shape index (κ1) is 16.5. The van der Waals surface area contributed by atoms with Gasteiger partial charge in [0, 0.05) is 0 Å². The third kappa shape index (κ3) is 3.29. The smallest absolute Gasteiger partial charge is 0.149 e. The van der Waals surface area contributed by atoms with Crippen LogP contribution in [0, 0.1) is 17.3 Å². The molecule has 4 aliphatic rings. The maximum Gasteiger partial charge on any atom is 0.149 e. The zero-order valence-electron chi connectivity index (χ0n) is 12.7. The number of rotatable bonds is 5. The van der Waals surface area contributed by atoms with E-state index in [1.165, 1.54) is 6.42 Å². The SMILES string of the molecule is CC(N=C(N)CSS(=O)(=O)[O-])C12CC3CC(CC(O)(C3)C1)C2. The summed E-state index contributed by atoms with van der Waals surface area (Å²) < 4.78 is 31.9. The van der Waals surface area contributed by atoms with E-state index in [1.807, 2.05) is 6.92 Å². The third-order valence-electron chi connectivity index (χ3n) is 5.67.